The molecule has 0 amide bonds. The fraction of sp³-hybridized carbons (Fsp3) is 0.538. The summed E-state index contributed by atoms with van der Waals surface area (Å²) in [6, 6.07) is 7.80. The average Bonchev–Trinajstić information content (AvgIpc) is 2.39. The second kappa shape index (κ2) is 4.31. The van der Waals surface area contributed by atoms with Crippen LogP contribution in [0.5, 0.6) is 0 Å². The van der Waals surface area contributed by atoms with E-state index in [-0.39, 0.29) is 18.3 Å². The zero-order chi connectivity index (χ0) is 12.7. The molecule has 2 nitrogen and oxygen atoms in total. The van der Waals surface area contributed by atoms with Gasteiger partial charge in [0.25, 0.3) is 0 Å². The van der Waals surface area contributed by atoms with Gasteiger partial charge >= 0.3 is 7.12 Å². The van der Waals surface area contributed by atoms with Gasteiger partial charge in [-0.25, -0.2) is 0 Å². The van der Waals surface area contributed by atoms with Crippen LogP contribution in [0.1, 0.15) is 33.3 Å². The van der Waals surface area contributed by atoms with E-state index in [2.05, 4.69) is 27.7 Å². The zero-order valence-corrected chi connectivity index (χ0v) is 11.5. The molecule has 0 saturated carbocycles. The molecule has 0 radical (unpaired) electrons. The molecule has 0 unspecified atom stereocenters. The van der Waals surface area contributed by atoms with Gasteiger partial charge in [-0.05, 0) is 45.4 Å². The first-order chi connectivity index (χ1) is 7.80. The Hall–Kier alpha value is -0.505. The lowest BCUT2D eigenvalue weighted by Crippen LogP contribution is -2.41. The summed E-state index contributed by atoms with van der Waals surface area (Å²) in [5.41, 5.74) is 0.654. The van der Waals surface area contributed by atoms with Crippen molar-refractivity contribution in [3.05, 3.63) is 34.9 Å². The van der Waals surface area contributed by atoms with Crippen molar-refractivity contribution in [1.82, 2.24) is 0 Å². The molecule has 1 aromatic rings. The Morgan fingerprint density at radius 3 is 1.94 bits per heavy atom. The third-order valence-electron chi connectivity index (χ3n) is 3.62. The molecule has 0 spiro atoms. The molecule has 4 heteroatoms. The third-order valence-corrected chi connectivity index (χ3v) is 3.87. The fourth-order valence-electron chi connectivity index (χ4n) is 1.86. The zero-order valence-electron chi connectivity index (χ0n) is 10.8. The van der Waals surface area contributed by atoms with Crippen LogP contribution in [0.15, 0.2) is 24.3 Å². The Morgan fingerprint density at radius 1 is 1.00 bits per heavy atom. The predicted octanol–water partition coefficient (Wildman–Crippen LogP) is 3.51. The molecule has 1 heterocycles. The number of hydrogen-bond donors (Lipinski definition) is 0. The van der Waals surface area contributed by atoms with E-state index < -0.39 is 0 Å². The van der Waals surface area contributed by atoms with Crippen LogP contribution < -0.4 is 0 Å². The highest BCUT2D eigenvalue weighted by molar-refractivity contribution is 6.45. The minimum Gasteiger partial charge on any atom is -0.403 e. The van der Waals surface area contributed by atoms with E-state index in [4.69, 9.17) is 20.9 Å². The number of hydrogen-bond acceptors (Lipinski definition) is 2. The summed E-state index contributed by atoms with van der Waals surface area (Å²) in [6.45, 7) is 8.26. The molecule has 1 aromatic carbocycles. The lowest BCUT2D eigenvalue weighted by atomic mass is 9.81. The molecule has 0 aromatic heterocycles. The first-order valence-electron chi connectivity index (χ1n) is 5.90. The van der Waals surface area contributed by atoms with Crippen LogP contribution in [0.4, 0.5) is 0 Å². The highest BCUT2D eigenvalue weighted by atomic mass is 35.5. The van der Waals surface area contributed by atoms with E-state index in [1.54, 1.807) is 0 Å². The standard InChI is InChI=1S/C13H18BClO2/c1-12(2)13(3,4)17-14(16-12)9-10-5-7-11(15)8-6-10/h5-8H,9H2,1-4H3. The third kappa shape index (κ3) is 2.67. The van der Waals surface area contributed by atoms with Gasteiger partial charge in [0.05, 0.1) is 11.2 Å². The SMILES string of the molecule is CC1(C)OB(Cc2ccc(Cl)cc2)OC1(C)C. The first kappa shape index (κ1) is 12.9. The molecule has 1 saturated heterocycles. The maximum atomic E-state index is 5.94. The van der Waals surface area contributed by atoms with E-state index in [0.717, 1.165) is 11.3 Å². The Kier molecular flexibility index (Phi) is 3.28. The molecule has 2 rings (SSSR count). The summed E-state index contributed by atoms with van der Waals surface area (Å²) in [6.07, 6.45) is 0.754. The molecule has 0 N–H and O–H groups in total. The minimum absolute atomic E-state index is 0.179. The van der Waals surface area contributed by atoms with Crippen molar-refractivity contribution in [3.63, 3.8) is 0 Å². The van der Waals surface area contributed by atoms with Gasteiger partial charge in [-0.15, -0.1) is 0 Å². The summed E-state index contributed by atoms with van der Waals surface area (Å²) in [7, 11) is -0.179. The lowest BCUT2D eigenvalue weighted by molar-refractivity contribution is 0.00578. The van der Waals surface area contributed by atoms with E-state index in [9.17, 15) is 0 Å². The van der Waals surface area contributed by atoms with Crippen LogP contribution in [0.2, 0.25) is 5.02 Å². The topological polar surface area (TPSA) is 18.5 Å². The highest BCUT2D eigenvalue weighted by Gasteiger charge is 2.50. The second-order valence-corrected chi connectivity index (χ2v) is 5.95. The van der Waals surface area contributed by atoms with Crippen LogP contribution in [0.25, 0.3) is 0 Å². The maximum Gasteiger partial charge on any atom is 0.462 e. The van der Waals surface area contributed by atoms with Gasteiger partial charge < -0.3 is 9.31 Å². The van der Waals surface area contributed by atoms with E-state index in [0.29, 0.717) is 0 Å². The average molecular weight is 253 g/mol. The first-order valence-corrected chi connectivity index (χ1v) is 6.28. The Labute approximate surface area is 108 Å². The van der Waals surface area contributed by atoms with Gasteiger partial charge in [-0.2, -0.15) is 0 Å². The van der Waals surface area contributed by atoms with Crippen molar-refractivity contribution in [3.8, 4) is 0 Å². The van der Waals surface area contributed by atoms with Gasteiger partial charge in [-0.3, -0.25) is 0 Å². The van der Waals surface area contributed by atoms with Crippen LogP contribution in [0.3, 0.4) is 0 Å². The molecule has 1 aliphatic rings. The number of halogens is 1. The van der Waals surface area contributed by atoms with Gasteiger partial charge in [-0.1, -0.05) is 23.7 Å². The number of rotatable bonds is 2. The van der Waals surface area contributed by atoms with Crippen molar-refractivity contribution >= 4 is 18.7 Å². The smallest absolute Gasteiger partial charge is 0.403 e. The van der Waals surface area contributed by atoms with E-state index in [1.165, 1.54) is 5.56 Å². The molecule has 17 heavy (non-hydrogen) atoms. The summed E-state index contributed by atoms with van der Waals surface area (Å²) >= 11 is 5.86. The fourth-order valence-corrected chi connectivity index (χ4v) is 1.99. The molecule has 1 aliphatic heterocycles. The Bertz CT molecular complexity index is 384. The quantitative estimate of drug-likeness (QED) is 0.750. The normalized spacial score (nSPS) is 21.8. The van der Waals surface area contributed by atoms with Crippen molar-refractivity contribution in [1.29, 1.82) is 0 Å². The van der Waals surface area contributed by atoms with E-state index in [1.807, 2.05) is 24.3 Å². The molecular weight excluding hydrogens is 234 g/mol. The van der Waals surface area contributed by atoms with Gasteiger partial charge in [0.1, 0.15) is 0 Å². The van der Waals surface area contributed by atoms with Crippen molar-refractivity contribution in [2.24, 2.45) is 0 Å². The largest absolute Gasteiger partial charge is 0.462 e. The van der Waals surface area contributed by atoms with Crippen LogP contribution >= 0.6 is 11.6 Å². The highest BCUT2D eigenvalue weighted by Crippen LogP contribution is 2.37. The van der Waals surface area contributed by atoms with Gasteiger partial charge in [0.15, 0.2) is 0 Å². The van der Waals surface area contributed by atoms with Crippen LogP contribution in [-0.4, -0.2) is 18.3 Å². The monoisotopic (exact) mass is 252 g/mol. The summed E-state index contributed by atoms with van der Waals surface area (Å²) in [5, 5.41) is 0.752. The van der Waals surface area contributed by atoms with Crippen molar-refractivity contribution < 1.29 is 9.31 Å². The molecule has 92 valence electrons. The molecule has 0 atom stereocenters. The van der Waals surface area contributed by atoms with Crippen LogP contribution in [0, 0.1) is 0 Å². The summed E-state index contributed by atoms with van der Waals surface area (Å²) in [4.78, 5) is 0. The minimum atomic E-state index is -0.260. The molecular formula is C13H18BClO2. The van der Waals surface area contributed by atoms with Crippen LogP contribution in [-0.2, 0) is 15.6 Å². The number of benzene rings is 1. The predicted molar refractivity (Wildman–Crippen MR) is 71.2 cm³/mol. The summed E-state index contributed by atoms with van der Waals surface area (Å²) < 4.78 is 11.9. The maximum absolute atomic E-state index is 5.94. The second-order valence-electron chi connectivity index (χ2n) is 5.52. The van der Waals surface area contributed by atoms with Gasteiger partial charge in [0, 0.05) is 11.3 Å². The Morgan fingerprint density at radius 2 is 1.47 bits per heavy atom. The summed E-state index contributed by atoms with van der Waals surface area (Å²) in [5.74, 6) is 0. The van der Waals surface area contributed by atoms with Crippen molar-refractivity contribution in [2.45, 2.75) is 45.2 Å². The lowest BCUT2D eigenvalue weighted by Gasteiger charge is -2.32. The molecule has 0 aliphatic carbocycles. The Balaban J connectivity index is 2.05. The van der Waals surface area contributed by atoms with Gasteiger partial charge in [0.2, 0.25) is 0 Å². The van der Waals surface area contributed by atoms with Crippen molar-refractivity contribution in [2.75, 3.05) is 0 Å². The molecule has 0 bridgehead atoms. The molecule has 1 fully saturated rings. The van der Waals surface area contributed by atoms with E-state index >= 15 is 0 Å².